The van der Waals surface area contributed by atoms with Crippen LogP contribution in [0.1, 0.15) is 29.8 Å². The van der Waals surface area contributed by atoms with Crippen LogP contribution in [-0.4, -0.2) is 72.5 Å². The number of benzene rings is 1. The van der Waals surface area contributed by atoms with Crippen LogP contribution in [0.3, 0.4) is 0 Å². The molecule has 0 spiro atoms. The van der Waals surface area contributed by atoms with E-state index >= 15 is 0 Å². The van der Waals surface area contributed by atoms with Gasteiger partial charge in [0, 0.05) is 30.2 Å². The van der Waals surface area contributed by atoms with Crippen LogP contribution in [0.5, 0.6) is 5.88 Å². The second kappa shape index (κ2) is 9.86. The molecule has 174 valence electrons. The Morgan fingerprint density at radius 3 is 2.62 bits per heavy atom. The smallest absolute Gasteiger partial charge is 0.259 e. The van der Waals surface area contributed by atoms with E-state index in [-0.39, 0.29) is 41.3 Å². The lowest BCUT2D eigenvalue weighted by Gasteiger charge is -2.37. The highest BCUT2D eigenvalue weighted by atomic mass is 79.9. The van der Waals surface area contributed by atoms with E-state index in [2.05, 4.69) is 20.9 Å². The first-order chi connectivity index (χ1) is 15.0. The van der Waals surface area contributed by atoms with Gasteiger partial charge in [0.05, 0.1) is 24.1 Å². The van der Waals surface area contributed by atoms with Gasteiger partial charge in [-0.05, 0) is 48.0 Å². The molecule has 8 nitrogen and oxygen atoms in total. The number of sulfonamides is 1. The molecule has 0 radical (unpaired) electrons. The Labute approximate surface area is 197 Å². The zero-order valence-electron chi connectivity index (χ0n) is 18.5. The Hall–Kier alpha value is -2.01. The van der Waals surface area contributed by atoms with Gasteiger partial charge in [-0.15, -0.1) is 0 Å². The van der Waals surface area contributed by atoms with Gasteiger partial charge in [-0.3, -0.25) is 4.79 Å². The molecule has 0 aliphatic carbocycles. The number of pyridine rings is 1. The molecule has 2 heterocycles. The monoisotopic (exact) mass is 525 g/mol. The second-order valence-corrected chi connectivity index (χ2v) is 11.2. The molecule has 32 heavy (non-hydrogen) atoms. The Bertz CT molecular complexity index is 1080. The quantitative estimate of drug-likeness (QED) is 0.622. The predicted molar refractivity (Wildman–Crippen MR) is 124 cm³/mol. The summed E-state index contributed by atoms with van der Waals surface area (Å²) in [7, 11) is -2.21. The molecule has 3 rings (SSSR count). The molecule has 1 N–H and O–H groups in total. The summed E-state index contributed by atoms with van der Waals surface area (Å²) in [6, 6.07) is 7.90. The maximum absolute atomic E-state index is 13.2. The lowest BCUT2D eigenvalue weighted by atomic mass is 10.0. The van der Waals surface area contributed by atoms with Crippen LogP contribution in [-0.2, 0) is 10.0 Å². The number of fused-ring (bicyclic) bond motifs is 1. The molecule has 0 fully saturated rings. The fraction of sp³-hybridized carbons (Fsp3) is 0.455. The molecule has 1 aliphatic heterocycles. The summed E-state index contributed by atoms with van der Waals surface area (Å²) in [5.74, 6) is -0.366. The molecule has 3 atom stereocenters. The number of aliphatic hydroxyl groups excluding tert-OH is 1. The van der Waals surface area contributed by atoms with E-state index in [0.717, 1.165) is 5.56 Å². The number of amides is 1. The van der Waals surface area contributed by atoms with Crippen molar-refractivity contribution in [2.24, 2.45) is 5.92 Å². The first-order valence-electron chi connectivity index (χ1n) is 10.3. The third-order valence-corrected chi connectivity index (χ3v) is 7.93. The molecule has 2 aromatic rings. The predicted octanol–water partition coefficient (Wildman–Crippen LogP) is 2.69. The van der Waals surface area contributed by atoms with Gasteiger partial charge in [-0.25, -0.2) is 13.4 Å². The number of carbonyl (C=O) groups is 1. The minimum atomic E-state index is -3.72. The average Bonchev–Trinajstić information content (AvgIpc) is 2.76. The van der Waals surface area contributed by atoms with Crippen molar-refractivity contribution in [2.45, 2.75) is 37.8 Å². The minimum Gasteiger partial charge on any atom is -0.472 e. The van der Waals surface area contributed by atoms with E-state index in [1.807, 2.05) is 13.8 Å². The van der Waals surface area contributed by atoms with Crippen molar-refractivity contribution in [3.05, 3.63) is 52.1 Å². The van der Waals surface area contributed by atoms with Gasteiger partial charge in [-0.2, -0.15) is 4.31 Å². The number of nitrogens with zero attached hydrogens (tertiary/aromatic N) is 3. The lowest BCUT2D eigenvalue weighted by molar-refractivity contribution is 0.0373. The third-order valence-electron chi connectivity index (χ3n) is 5.65. The average molecular weight is 526 g/mol. The molecule has 0 unspecified atom stereocenters. The summed E-state index contributed by atoms with van der Waals surface area (Å²) in [5.41, 5.74) is 1.24. The molecule has 0 bridgehead atoms. The summed E-state index contributed by atoms with van der Waals surface area (Å²) in [6.45, 7) is 5.74. The number of halogens is 1. The Balaban J connectivity index is 1.94. The van der Waals surface area contributed by atoms with Gasteiger partial charge < -0.3 is 14.7 Å². The molecule has 0 saturated carbocycles. The van der Waals surface area contributed by atoms with E-state index < -0.39 is 22.2 Å². The van der Waals surface area contributed by atoms with Crippen LogP contribution in [0.15, 0.2) is 45.9 Å². The van der Waals surface area contributed by atoms with Gasteiger partial charge in [0.15, 0.2) is 0 Å². The van der Waals surface area contributed by atoms with E-state index in [4.69, 9.17) is 4.74 Å². The largest absolute Gasteiger partial charge is 0.472 e. The first kappa shape index (κ1) is 24.6. The van der Waals surface area contributed by atoms with E-state index in [9.17, 15) is 18.3 Å². The highest BCUT2D eigenvalue weighted by Crippen LogP contribution is 2.29. The second-order valence-electron chi connectivity index (χ2n) is 8.23. The Kier molecular flexibility index (Phi) is 7.59. The normalized spacial score (nSPS) is 20.3. The van der Waals surface area contributed by atoms with Crippen molar-refractivity contribution in [3.8, 4) is 5.88 Å². The van der Waals surface area contributed by atoms with Gasteiger partial charge in [0.2, 0.25) is 15.9 Å². The fourth-order valence-electron chi connectivity index (χ4n) is 3.54. The standard InChI is InChI=1S/C22H28BrN3O5S/c1-14-5-7-18(8-6-14)32(29,30)25(4)12-20-15(2)11-26(16(3)13-27)22(28)19-9-17(23)10-24-21(19)31-20/h5-10,15-16,20,27H,11-13H2,1-4H3/t15-,16+,20+/m1/s1. The van der Waals surface area contributed by atoms with Crippen LogP contribution in [0.25, 0.3) is 0 Å². The highest BCUT2D eigenvalue weighted by molar-refractivity contribution is 9.10. The van der Waals surface area contributed by atoms with Crippen molar-refractivity contribution in [1.29, 1.82) is 0 Å². The van der Waals surface area contributed by atoms with Crippen LogP contribution >= 0.6 is 15.9 Å². The highest BCUT2D eigenvalue weighted by Gasteiger charge is 2.35. The number of carbonyl (C=O) groups excluding carboxylic acids is 1. The van der Waals surface area contributed by atoms with Crippen molar-refractivity contribution in [1.82, 2.24) is 14.2 Å². The molecule has 1 aliphatic rings. The first-order valence-corrected chi connectivity index (χ1v) is 12.5. The Morgan fingerprint density at radius 2 is 2.00 bits per heavy atom. The summed E-state index contributed by atoms with van der Waals surface area (Å²) in [6.07, 6.45) is 0.969. The van der Waals surface area contributed by atoms with Gasteiger partial charge in [0.1, 0.15) is 11.7 Å². The van der Waals surface area contributed by atoms with Gasteiger partial charge in [-0.1, -0.05) is 24.6 Å². The summed E-state index contributed by atoms with van der Waals surface area (Å²) >= 11 is 3.34. The summed E-state index contributed by atoms with van der Waals surface area (Å²) in [4.78, 5) is 19.2. The molecule has 1 amide bonds. The zero-order valence-corrected chi connectivity index (χ0v) is 20.9. The molecule has 10 heteroatoms. The zero-order chi connectivity index (χ0) is 23.6. The molecule has 0 saturated heterocycles. The lowest BCUT2D eigenvalue weighted by Crippen LogP contribution is -2.50. The molecular formula is C22H28BrN3O5S. The van der Waals surface area contributed by atoms with E-state index in [1.54, 1.807) is 42.2 Å². The van der Waals surface area contributed by atoms with Crippen LogP contribution in [0, 0.1) is 12.8 Å². The van der Waals surface area contributed by atoms with Crippen molar-refractivity contribution >= 4 is 31.9 Å². The molecule has 1 aromatic heterocycles. The van der Waals surface area contributed by atoms with Crippen LogP contribution < -0.4 is 4.74 Å². The molecular weight excluding hydrogens is 498 g/mol. The third kappa shape index (κ3) is 5.14. The van der Waals surface area contributed by atoms with Gasteiger partial charge >= 0.3 is 0 Å². The topological polar surface area (TPSA) is 100 Å². The number of hydrogen-bond donors (Lipinski definition) is 1. The van der Waals surface area contributed by atoms with E-state index in [1.165, 1.54) is 17.5 Å². The van der Waals surface area contributed by atoms with Crippen molar-refractivity contribution < 1.29 is 23.1 Å². The maximum atomic E-state index is 13.2. The number of ether oxygens (including phenoxy) is 1. The van der Waals surface area contributed by atoms with E-state index in [0.29, 0.717) is 11.0 Å². The fourth-order valence-corrected chi connectivity index (χ4v) is 5.05. The number of aryl methyl sites for hydroxylation is 1. The van der Waals surface area contributed by atoms with Crippen molar-refractivity contribution in [3.63, 3.8) is 0 Å². The maximum Gasteiger partial charge on any atom is 0.259 e. The summed E-state index contributed by atoms with van der Waals surface area (Å²) in [5, 5.41) is 9.68. The number of likely N-dealkylation sites (N-methyl/N-ethyl adjacent to an activating group) is 1. The minimum absolute atomic E-state index is 0.0735. The number of rotatable bonds is 6. The van der Waals surface area contributed by atoms with Crippen LogP contribution in [0.4, 0.5) is 0 Å². The summed E-state index contributed by atoms with van der Waals surface area (Å²) < 4.78 is 34.2. The number of aromatic nitrogens is 1. The SMILES string of the molecule is Cc1ccc(S(=O)(=O)N(C)C[C@@H]2Oc3ncc(Br)cc3C(=O)N([C@@H](C)CO)C[C@H]2C)cc1. The Morgan fingerprint density at radius 1 is 1.34 bits per heavy atom. The van der Waals surface area contributed by atoms with Gasteiger partial charge in [0.25, 0.3) is 5.91 Å². The van der Waals surface area contributed by atoms with Crippen LogP contribution in [0.2, 0.25) is 0 Å². The number of aliphatic hydroxyl groups is 1. The molecule has 1 aromatic carbocycles. The van der Waals surface area contributed by atoms with Crippen molar-refractivity contribution in [2.75, 3.05) is 26.7 Å². The number of hydrogen-bond acceptors (Lipinski definition) is 6.